The molecule has 0 bridgehead atoms. The minimum absolute atomic E-state index is 0.0167. The number of aliphatic hydroxyl groups is 1. The molecule has 0 atom stereocenters. The highest BCUT2D eigenvalue weighted by Crippen LogP contribution is 2.21. The van der Waals surface area contributed by atoms with Crippen LogP contribution in [0, 0.1) is 0 Å². The molecule has 5 nitrogen and oxygen atoms in total. The summed E-state index contributed by atoms with van der Waals surface area (Å²) in [5, 5.41) is 9.55. The zero-order valence-electron chi connectivity index (χ0n) is 35.7. The third kappa shape index (κ3) is 38.6. The van der Waals surface area contributed by atoms with Crippen molar-refractivity contribution in [3.63, 3.8) is 0 Å². The molecule has 0 heterocycles. The first-order chi connectivity index (χ1) is 25.6. The van der Waals surface area contributed by atoms with Gasteiger partial charge < -0.3 is 19.5 Å². The van der Waals surface area contributed by atoms with Crippen LogP contribution in [-0.4, -0.2) is 54.9 Å². The van der Waals surface area contributed by atoms with Gasteiger partial charge in [0, 0.05) is 19.4 Å². The maximum absolute atomic E-state index is 12.0. The van der Waals surface area contributed by atoms with Gasteiger partial charge in [0.1, 0.15) is 0 Å². The molecule has 0 radical (unpaired) electrons. The summed E-state index contributed by atoms with van der Waals surface area (Å²) in [5.41, 5.74) is 0. The van der Waals surface area contributed by atoms with E-state index in [4.69, 9.17) is 9.47 Å². The van der Waals surface area contributed by atoms with E-state index in [1.807, 2.05) is 0 Å². The van der Waals surface area contributed by atoms with Crippen LogP contribution in [0.25, 0.3) is 0 Å². The van der Waals surface area contributed by atoms with E-state index in [1.165, 1.54) is 193 Å². The zero-order chi connectivity index (χ0) is 38.0. The van der Waals surface area contributed by atoms with Crippen LogP contribution in [0.4, 0.5) is 0 Å². The Bertz CT molecular complexity index is 712. The molecule has 310 valence electrons. The van der Waals surface area contributed by atoms with Gasteiger partial charge in [-0.3, -0.25) is 4.79 Å². The maximum Gasteiger partial charge on any atom is 0.305 e. The lowest BCUT2D eigenvalue weighted by Gasteiger charge is -2.21. The Hall–Kier alpha value is -1.07. The second-order valence-electron chi connectivity index (χ2n) is 16.0. The van der Waals surface area contributed by atoms with Gasteiger partial charge in [0.2, 0.25) is 0 Å². The van der Waals surface area contributed by atoms with E-state index in [0.717, 1.165) is 51.1 Å². The first-order valence-electron chi connectivity index (χ1n) is 23.4. The Balaban J connectivity index is 3.88. The predicted octanol–water partition coefficient (Wildman–Crippen LogP) is 14.4. The molecule has 0 amide bonds. The Kier molecular flexibility index (Phi) is 41.8. The summed E-state index contributed by atoms with van der Waals surface area (Å²) >= 11 is 0. The Morgan fingerprint density at radius 2 is 0.885 bits per heavy atom. The van der Waals surface area contributed by atoms with Crippen LogP contribution in [0.3, 0.4) is 0 Å². The normalized spacial score (nSPS) is 11.6. The van der Waals surface area contributed by atoms with Crippen LogP contribution >= 0.6 is 0 Å². The summed E-state index contributed by atoms with van der Waals surface area (Å²) in [4.78, 5) is 14.4. The van der Waals surface area contributed by atoms with Gasteiger partial charge in [0.15, 0.2) is 0 Å². The maximum atomic E-state index is 12.0. The fraction of sp³-hybridized carbons (Fsp3) is 0.936. The number of esters is 1. The second-order valence-corrected chi connectivity index (χ2v) is 16.0. The topological polar surface area (TPSA) is 59.0 Å². The minimum atomic E-state index is -0.0167. The van der Waals surface area contributed by atoms with Gasteiger partial charge in [-0.25, -0.2) is 0 Å². The van der Waals surface area contributed by atoms with Crippen molar-refractivity contribution in [1.29, 1.82) is 0 Å². The molecule has 0 saturated carbocycles. The summed E-state index contributed by atoms with van der Waals surface area (Å²) in [5.74, 6) is 1.01. The van der Waals surface area contributed by atoms with Gasteiger partial charge in [-0.1, -0.05) is 181 Å². The molecule has 0 spiro atoms. The third-order valence-electron chi connectivity index (χ3n) is 10.8. The van der Waals surface area contributed by atoms with Gasteiger partial charge in [-0.15, -0.1) is 0 Å². The smallest absolute Gasteiger partial charge is 0.305 e. The molecule has 0 aromatic heterocycles. The molecule has 0 aromatic rings. The lowest BCUT2D eigenvalue weighted by Crippen LogP contribution is -2.29. The number of hydrogen-bond donors (Lipinski definition) is 1. The number of unbranched alkanes of at least 4 members (excludes halogenated alkanes) is 26. The van der Waals surface area contributed by atoms with Crippen LogP contribution < -0.4 is 0 Å². The van der Waals surface area contributed by atoms with Crippen LogP contribution in [-0.2, 0) is 14.3 Å². The fourth-order valence-corrected chi connectivity index (χ4v) is 7.33. The quantitative estimate of drug-likeness (QED) is 0.0383. The molecule has 5 heteroatoms. The standard InChI is InChI=1S/C47H93NO4/c1-5-8-11-14-20-28-35-44-51-47(50)39-32-25-21-27-34-41-48(42-43-49)40-33-26-19-17-18-22-29-36-45(4)52-46(37-30-23-15-12-9-6-2)38-31-24-16-13-10-7-3/h46,49H,4-44H2,1-3H3. The van der Waals surface area contributed by atoms with E-state index >= 15 is 0 Å². The van der Waals surface area contributed by atoms with Crippen molar-refractivity contribution in [3.8, 4) is 0 Å². The van der Waals surface area contributed by atoms with Crippen molar-refractivity contribution in [1.82, 2.24) is 4.90 Å². The monoisotopic (exact) mass is 736 g/mol. The van der Waals surface area contributed by atoms with Crippen LogP contribution in [0.1, 0.15) is 245 Å². The van der Waals surface area contributed by atoms with Crippen molar-refractivity contribution in [2.45, 2.75) is 252 Å². The lowest BCUT2D eigenvalue weighted by atomic mass is 10.0. The predicted molar refractivity (Wildman–Crippen MR) is 227 cm³/mol. The molecular weight excluding hydrogens is 643 g/mol. The molecule has 0 aliphatic heterocycles. The largest absolute Gasteiger partial charge is 0.495 e. The van der Waals surface area contributed by atoms with E-state index in [0.29, 0.717) is 19.1 Å². The first kappa shape index (κ1) is 50.9. The summed E-state index contributed by atoms with van der Waals surface area (Å²) in [6, 6.07) is 0. The second kappa shape index (κ2) is 42.7. The van der Waals surface area contributed by atoms with Gasteiger partial charge in [-0.2, -0.15) is 0 Å². The Labute approximate surface area is 326 Å². The molecule has 0 rings (SSSR count). The zero-order valence-corrected chi connectivity index (χ0v) is 35.7. The highest BCUT2D eigenvalue weighted by Gasteiger charge is 2.12. The molecule has 0 aliphatic rings. The third-order valence-corrected chi connectivity index (χ3v) is 10.8. The fourth-order valence-electron chi connectivity index (χ4n) is 7.33. The van der Waals surface area contributed by atoms with E-state index < -0.39 is 0 Å². The summed E-state index contributed by atoms with van der Waals surface area (Å²) in [6.07, 6.45) is 43.8. The molecule has 0 fully saturated rings. The average molecular weight is 736 g/mol. The van der Waals surface area contributed by atoms with E-state index in [9.17, 15) is 9.90 Å². The summed E-state index contributed by atoms with van der Waals surface area (Å²) in [7, 11) is 0. The first-order valence-corrected chi connectivity index (χ1v) is 23.4. The summed E-state index contributed by atoms with van der Waals surface area (Å²) < 4.78 is 11.9. The Morgan fingerprint density at radius 1 is 0.500 bits per heavy atom. The minimum Gasteiger partial charge on any atom is -0.495 e. The van der Waals surface area contributed by atoms with Crippen molar-refractivity contribution in [3.05, 3.63) is 12.3 Å². The highest BCUT2D eigenvalue weighted by molar-refractivity contribution is 5.69. The molecule has 52 heavy (non-hydrogen) atoms. The van der Waals surface area contributed by atoms with Gasteiger partial charge in [0.05, 0.1) is 25.1 Å². The molecule has 0 aromatic carbocycles. The van der Waals surface area contributed by atoms with E-state index in [1.54, 1.807) is 0 Å². The number of allylic oxidation sites excluding steroid dienone is 1. The summed E-state index contributed by atoms with van der Waals surface area (Å²) in [6.45, 7) is 15.0. The van der Waals surface area contributed by atoms with Crippen LogP contribution in [0.15, 0.2) is 12.3 Å². The number of carbonyl (C=O) groups is 1. The lowest BCUT2D eigenvalue weighted by molar-refractivity contribution is -0.143. The van der Waals surface area contributed by atoms with Gasteiger partial charge in [0.25, 0.3) is 0 Å². The Morgan fingerprint density at radius 3 is 1.35 bits per heavy atom. The SMILES string of the molecule is C=C(CCCCCCCCCN(CCO)CCCCCCCC(=O)OCCCCCCCCC)OC(CCCCCCCC)CCCCCCCC. The molecule has 1 N–H and O–H groups in total. The molecule has 0 unspecified atom stereocenters. The average Bonchev–Trinajstić information content (AvgIpc) is 3.14. The molecule has 0 aliphatic carbocycles. The van der Waals surface area contributed by atoms with Crippen molar-refractivity contribution in [2.75, 3.05) is 32.8 Å². The van der Waals surface area contributed by atoms with Crippen LogP contribution in [0.2, 0.25) is 0 Å². The number of carbonyl (C=O) groups excluding carboxylic acids is 1. The van der Waals surface area contributed by atoms with E-state index in [2.05, 4.69) is 32.3 Å². The number of nitrogens with zero attached hydrogens (tertiary/aromatic N) is 1. The number of rotatable bonds is 44. The van der Waals surface area contributed by atoms with Gasteiger partial charge >= 0.3 is 5.97 Å². The van der Waals surface area contributed by atoms with E-state index in [-0.39, 0.29) is 12.6 Å². The molecular formula is C47H93NO4. The van der Waals surface area contributed by atoms with Crippen LogP contribution in [0.5, 0.6) is 0 Å². The van der Waals surface area contributed by atoms with Crippen molar-refractivity contribution >= 4 is 5.97 Å². The number of aliphatic hydroxyl groups excluding tert-OH is 1. The van der Waals surface area contributed by atoms with Crippen molar-refractivity contribution in [2.24, 2.45) is 0 Å². The van der Waals surface area contributed by atoms with Crippen molar-refractivity contribution < 1.29 is 19.4 Å². The van der Waals surface area contributed by atoms with Gasteiger partial charge in [-0.05, 0) is 70.9 Å². The molecule has 0 saturated heterocycles. The number of hydrogen-bond acceptors (Lipinski definition) is 5. The highest BCUT2D eigenvalue weighted by atomic mass is 16.5. The number of ether oxygens (including phenoxy) is 2.